The van der Waals surface area contributed by atoms with Crippen molar-refractivity contribution in [3.8, 4) is 0 Å². The third kappa shape index (κ3) is 0.767. The van der Waals surface area contributed by atoms with Gasteiger partial charge in [0.15, 0.2) is 5.58 Å². The Kier molecular flexibility index (Phi) is 1.26. The molecule has 10 heavy (non-hydrogen) atoms. The number of rotatable bonds is 0. The van der Waals surface area contributed by atoms with Gasteiger partial charge in [0.05, 0.1) is 9.09 Å². The molecule has 0 spiro atoms. The Labute approximate surface area is 71.7 Å². The summed E-state index contributed by atoms with van der Waals surface area (Å²) >= 11 is 2.24. The van der Waals surface area contributed by atoms with Crippen molar-refractivity contribution in [2.75, 3.05) is 0 Å². The van der Waals surface area contributed by atoms with Crippen LogP contribution in [0.15, 0.2) is 16.7 Å². The van der Waals surface area contributed by atoms with Gasteiger partial charge < -0.3 is 9.40 Å². The Hall–Kier alpha value is -0.450. The molecule has 0 saturated heterocycles. The van der Waals surface area contributed by atoms with Crippen LogP contribution in [0, 0.1) is 10.5 Å². The van der Waals surface area contributed by atoms with E-state index >= 15 is 0 Å². The quantitative estimate of drug-likeness (QED) is 0.712. The van der Waals surface area contributed by atoms with E-state index in [2.05, 4.69) is 27.6 Å². The fraction of sp³-hybridized carbons (Fsp3) is 0.143. The van der Waals surface area contributed by atoms with Gasteiger partial charge in [0.25, 0.3) is 0 Å². The summed E-state index contributed by atoms with van der Waals surface area (Å²) in [6, 6.07) is 2.00. The number of fused-ring (bicyclic) bond motifs is 1. The highest BCUT2D eigenvalue weighted by atomic mass is 127. The minimum atomic E-state index is 0.946. The predicted octanol–water partition coefficient (Wildman–Crippen LogP) is 2.67. The molecule has 2 heterocycles. The number of aryl methyl sites for hydroxylation is 1. The lowest BCUT2D eigenvalue weighted by Crippen LogP contribution is -1.67. The molecular formula is C7H6INO. The summed E-state index contributed by atoms with van der Waals surface area (Å²) in [7, 11) is 0. The number of aromatic amines is 1. The molecule has 0 aliphatic heterocycles. The normalized spacial score (nSPS) is 11.0. The first-order chi connectivity index (χ1) is 4.77. The fourth-order valence-corrected chi connectivity index (χ4v) is 1.54. The Bertz CT molecular complexity index is 360. The van der Waals surface area contributed by atoms with E-state index in [9.17, 15) is 0 Å². The van der Waals surface area contributed by atoms with E-state index in [-0.39, 0.29) is 0 Å². The summed E-state index contributed by atoms with van der Waals surface area (Å²) in [5.41, 5.74) is 3.20. The minimum absolute atomic E-state index is 0.946. The molecule has 2 nitrogen and oxygen atoms in total. The van der Waals surface area contributed by atoms with Crippen LogP contribution in [0.25, 0.3) is 11.1 Å². The van der Waals surface area contributed by atoms with Gasteiger partial charge in [-0.25, -0.2) is 0 Å². The molecule has 0 bridgehead atoms. The first kappa shape index (κ1) is 6.27. The van der Waals surface area contributed by atoms with Crippen LogP contribution in [-0.2, 0) is 0 Å². The number of halogens is 1. The maximum Gasteiger partial charge on any atom is 0.152 e. The van der Waals surface area contributed by atoms with Gasteiger partial charge in [0, 0.05) is 11.8 Å². The Morgan fingerprint density at radius 1 is 1.60 bits per heavy atom. The SMILES string of the molecule is Cc1cc2occ(I)c2[nH]1. The standard InChI is InChI=1S/C7H6INO/c1-4-2-6-7(9-4)5(8)3-10-6/h2-3,9H,1H3. The average Bonchev–Trinajstić information content (AvgIpc) is 2.35. The van der Waals surface area contributed by atoms with E-state index in [4.69, 9.17) is 4.42 Å². The summed E-state index contributed by atoms with van der Waals surface area (Å²) in [5.74, 6) is 0. The van der Waals surface area contributed by atoms with E-state index in [1.165, 1.54) is 0 Å². The summed E-state index contributed by atoms with van der Waals surface area (Å²) < 4.78 is 6.37. The lowest BCUT2D eigenvalue weighted by Gasteiger charge is -1.78. The van der Waals surface area contributed by atoms with Gasteiger partial charge in [-0.15, -0.1) is 0 Å². The van der Waals surface area contributed by atoms with Crippen LogP contribution in [0.3, 0.4) is 0 Å². The van der Waals surface area contributed by atoms with Crippen LogP contribution >= 0.6 is 22.6 Å². The number of aromatic nitrogens is 1. The smallest absolute Gasteiger partial charge is 0.152 e. The number of H-pyrrole nitrogens is 1. The molecule has 2 aromatic heterocycles. The van der Waals surface area contributed by atoms with Crippen molar-refractivity contribution in [1.82, 2.24) is 4.98 Å². The first-order valence-corrected chi connectivity index (χ1v) is 4.07. The van der Waals surface area contributed by atoms with Gasteiger partial charge in [0.2, 0.25) is 0 Å². The van der Waals surface area contributed by atoms with Crippen LogP contribution in [0.4, 0.5) is 0 Å². The summed E-state index contributed by atoms with van der Waals surface area (Å²) in [5, 5.41) is 0. The van der Waals surface area contributed by atoms with E-state index in [0.29, 0.717) is 0 Å². The number of hydrogen-bond acceptors (Lipinski definition) is 1. The average molecular weight is 247 g/mol. The lowest BCUT2D eigenvalue weighted by atomic mass is 10.5. The summed E-state index contributed by atoms with van der Waals surface area (Å²) in [6.07, 6.45) is 1.75. The summed E-state index contributed by atoms with van der Waals surface area (Å²) in [4.78, 5) is 3.21. The van der Waals surface area contributed by atoms with Crippen molar-refractivity contribution in [3.63, 3.8) is 0 Å². The van der Waals surface area contributed by atoms with E-state index in [1.807, 2.05) is 13.0 Å². The molecule has 3 heteroatoms. The van der Waals surface area contributed by atoms with Crippen LogP contribution in [0.1, 0.15) is 5.69 Å². The number of hydrogen-bond donors (Lipinski definition) is 1. The van der Waals surface area contributed by atoms with Gasteiger partial charge in [-0.1, -0.05) is 0 Å². The number of furan rings is 1. The second kappa shape index (κ2) is 2.02. The largest absolute Gasteiger partial charge is 0.462 e. The van der Waals surface area contributed by atoms with Gasteiger partial charge in [-0.3, -0.25) is 0 Å². The van der Waals surface area contributed by atoms with Crippen molar-refractivity contribution >= 4 is 33.7 Å². The maximum atomic E-state index is 5.23. The number of nitrogens with one attached hydrogen (secondary N) is 1. The van der Waals surface area contributed by atoms with Gasteiger partial charge >= 0.3 is 0 Å². The second-order valence-electron chi connectivity index (χ2n) is 2.28. The molecule has 0 saturated carbocycles. The minimum Gasteiger partial charge on any atom is -0.462 e. The molecule has 52 valence electrons. The van der Waals surface area contributed by atoms with Crippen molar-refractivity contribution in [3.05, 3.63) is 21.6 Å². The van der Waals surface area contributed by atoms with Crippen molar-refractivity contribution in [2.45, 2.75) is 6.92 Å². The molecule has 1 N–H and O–H groups in total. The molecule has 2 aromatic rings. The van der Waals surface area contributed by atoms with Crippen LogP contribution in [-0.4, -0.2) is 4.98 Å². The highest BCUT2D eigenvalue weighted by Gasteiger charge is 2.03. The molecule has 0 aliphatic carbocycles. The topological polar surface area (TPSA) is 28.9 Å². The van der Waals surface area contributed by atoms with Gasteiger partial charge in [-0.05, 0) is 29.5 Å². The Morgan fingerprint density at radius 3 is 3.10 bits per heavy atom. The van der Waals surface area contributed by atoms with Crippen LogP contribution < -0.4 is 0 Å². The maximum absolute atomic E-state index is 5.23. The van der Waals surface area contributed by atoms with Gasteiger partial charge in [-0.2, -0.15) is 0 Å². The van der Waals surface area contributed by atoms with E-state index in [1.54, 1.807) is 6.26 Å². The lowest BCUT2D eigenvalue weighted by molar-refractivity contribution is 0.614. The fourth-order valence-electron chi connectivity index (χ4n) is 1.01. The van der Waals surface area contributed by atoms with Crippen molar-refractivity contribution in [2.24, 2.45) is 0 Å². The van der Waals surface area contributed by atoms with Crippen LogP contribution in [0.2, 0.25) is 0 Å². The highest BCUT2D eigenvalue weighted by Crippen LogP contribution is 2.22. The zero-order chi connectivity index (χ0) is 7.14. The third-order valence-electron chi connectivity index (χ3n) is 1.44. The highest BCUT2D eigenvalue weighted by molar-refractivity contribution is 14.1. The van der Waals surface area contributed by atoms with Crippen molar-refractivity contribution in [1.29, 1.82) is 0 Å². The second-order valence-corrected chi connectivity index (χ2v) is 3.44. The molecule has 0 aliphatic rings. The molecule has 0 amide bonds. The third-order valence-corrected chi connectivity index (χ3v) is 2.24. The zero-order valence-electron chi connectivity index (χ0n) is 5.44. The molecular weight excluding hydrogens is 241 g/mol. The molecule has 2 rings (SSSR count). The van der Waals surface area contributed by atoms with Crippen LogP contribution in [0.5, 0.6) is 0 Å². The monoisotopic (exact) mass is 247 g/mol. The Morgan fingerprint density at radius 2 is 2.40 bits per heavy atom. The van der Waals surface area contributed by atoms with Gasteiger partial charge in [0.1, 0.15) is 6.26 Å². The molecule has 0 aromatic carbocycles. The first-order valence-electron chi connectivity index (χ1n) is 2.99. The molecule has 0 atom stereocenters. The summed E-state index contributed by atoms with van der Waals surface area (Å²) in [6.45, 7) is 2.02. The molecule has 0 radical (unpaired) electrons. The molecule has 0 unspecified atom stereocenters. The predicted molar refractivity (Wildman–Crippen MR) is 48.0 cm³/mol. The zero-order valence-corrected chi connectivity index (χ0v) is 7.60. The Balaban J connectivity index is 2.90. The molecule has 0 fully saturated rings. The van der Waals surface area contributed by atoms with Crippen molar-refractivity contribution < 1.29 is 4.42 Å². The van der Waals surface area contributed by atoms with E-state index < -0.39 is 0 Å². The van der Waals surface area contributed by atoms with E-state index in [0.717, 1.165) is 20.4 Å².